The molecular weight excluding hydrogens is 353 g/mol. The Morgan fingerprint density at radius 3 is 1.54 bits per heavy atom. The van der Waals surface area contributed by atoms with Crippen LogP contribution in [0.25, 0.3) is 0 Å². The Labute approximate surface area is 152 Å². The number of nitrogens with zero attached hydrogens (tertiary/aromatic N) is 3. The van der Waals surface area contributed by atoms with E-state index in [-0.39, 0.29) is 0 Å². The van der Waals surface area contributed by atoms with Crippen molar-refractivity contribution in [2.45, 2.75) is 13.8 Å². The summed E-state index contributed by atoms with van der Waals surface area (Å²) in [5, 5.41) is 8.29. The second kappa shape index (κ2) is 6.27. The molecule has 0 radical (unpaired) electrons. The number of rotatable bonds is 5. The van der Waals surface area contributed by atoms with Gasteiger partial charge in [-0.05, 0) is 0 Å². The van der Waals surface area contributed by atoms with Gasteiger partial charge >= 0.3 is 151 Å². The van der Waals surface area contributed by atoms with Crippen LogP contribution in [-0.4, -0.2) is 29.6 Å². The zero-order valence-electron chi connectivity index (χ0n) is 14.6. The molecule has 2 aliphatic heterocycles. The minimum atomic E-state index is -4.21. The molecule has 2 aliphatic rings. The van der Waals surface area contributed by atoms with Gasteiger partial charge in [0.1, 0.15) is 0 Å². The zero-order chi connectivity index (χ0) is 18.1. The molecule has 0 atom stereocenters. The summed E-state index contributed by atoms with van der Waals surface area (Å²) >= 11 is 0. The molecule has 0 aliphatic carbocycles. The Morgan fingerprint density at radius 2 is 1.15 bits per heavy atom. The molecule has 0 fully saturated rings. The van der Waals surface area contributed by atoms with Crippen molar-refractivity contribution in [1.29, 1.82) is 0 Å². The van der Waals surface area contributed by atoms with Crippen LogP contribution in [0.2, 0.25) is 0 Å². The first-order chi connectivity index (χ1) is 12.7. The summed E-state index contributed by atoms with van der Waals surface area (Å²) in [6.45, 7) is 5.13. The Morgan fingerprint density at radius 1 is 0.731 bits per heavy atom. The first kappa shape index (κ1) is 16.8. The van der Waals surface area contributed by atoms with Gasteiger partial charge in [0.15, 0.2) is 0 Å². The van der Waals surface area contributed by atoms with Crippen LogP contribution in [0.1, 0.15) is 25.0 Å². The molecule has 8 heteroatoms. The number of benzene rings is 2. The summed E-state index contributed by atoms with van der Waals surface area (Å²) in [7, 11) is -4.21. The van der Waals surface area contributed by atoms with Crippen LogP contribution in [0.15, 0.2) is 71.0 Å². The number of hydrogen-bond donors (Lipinski definition) is 0. The van der Waals surface area contributed by atoms with Crippen molar-refractivity contribution in [3.63, 3.8) is 0 Å². The second-order valence-corrected chi connectivity index (χ2v) is 8.59. The van der Waals surface area contributed by atoms with Crippen molar-refractivity contribution in [1.82, 2.24) is 4.67 Å². The minimum absolute atomic E-state index is 0.319. The summed E-state index contributed by atoms with van der Waals surface area (Å²) in [5.41, 5.74) is 1.56. The maximum atomic E-state index is 6.20. The summed E-state index contributed by atoms with van der Waals surface area (Å²) in [4.78, 5) is 0. The molecule has 2 aromatic rings. The normalized spacial score (nSPS) is 20.8. The number of hydrogen-bond acceptors (Lipinski definition) is 7. The first-order valence-corrected chi connectivity index (χ1v) is 10.4. The van der Waals surface area contributed by atoms with Crippen molar-refractivity contribution in [3.8, 4) is 0 Å². The van der Waals surface area contributed by atoms with E-state index in [2.05, 4.69) is 10.3 Å². The fraction of sp³-hybridized carbons (Fsp3) is 0.222. The van der Waals surface area contributed by atoms with Gasteiger partial charge in [-0.3, -0.25) is 0 Å². The van der Waals surface area contributed by atoms with Gasteiger partial charge in [0.25, 0.3) is 0 Å². The quantitative estimate of drug-likeness (QED) is 0.732. The van der Waals surface area contributed by atoms with Gasteiger partial charge < -0.3 is 0 Å². The van der Waals surface area contributed by atoms with Crippen molar-refractivity contribution >= 4 is 19.5 Å². The molecule has 0 bridgehead atoms. The molecule has 7 nitrogen and oxygen atoms in total. The molecule has 0 saturated heterocycles. The maximum absolute atomic E-state index is 6.20. The molecule has 0 N–H and O–H groups in total. The van der Waals surface area contributed by atoms with Gasteiger partial charge in [0.2, 0.25) is 0 Å². The van der Waals surface area contributed by atoms with Crippen LogP contribution in [0, 0.1) is 0 Å². The second-order valence-electron chi connectivity index (χ2n) is 5.78. The topological polar surface area (TPSA) is 64.9 Å². The fourth-order valence-corrected chi connectivity index (χ4v) is 5.75. The van der Waals surface area contributed by atoms with E-state index < -0.39 is 7.66 Å². The summed E-state index contributed by atoms with van der Waals surface area (Å²) < 4.78 is 25.9. The molecule has 0 aromatic heterocycles. The Hall–Kier alpha value is -2.63. The monoisotopic (exact) mass is 373 g/mol. The van der Waals surface area contributed by atoms with E-state index in [1.807, 2.05) is 79.2 Å². The SMILES string of the molecule is CCN(CC)P12(ON=C(c3ccccc3)O1)ON=C(c1ccccc1)O2. The number of oxime groups is 2. The molecule has 0 saturated carbocycles. The predicted octanol–water partition coefficient (Wildman–Crippen LogP) is 4.27. The average Bonchev–Trinajstić information content (AvgIpc) is 3.28. The Kier molecular flexibility index (Phi) is 4.05. The molecular formula is C18H20N3O4P. The van der Waals surface area contributed by atoms with Gasteiger partial charge in [0, 0.05) is 0 Å². The summed E-state index contributed by atoms with van der Waals surface area (Å²) in [5.74, 6) is 0.638. The molecule has 26 heavy (non-hydrogen) atoms. The summed E-state index contributed by atoms with van der Waals surface area (Å²) in [6.07, 6.45) is 0. The van der Waals surface area contributed by atoms with Gasteiger partial charge in [-0.25, -0.2) is 0 Å². The fourth-order valence-electron chi connectivity index (χ4n) is 2.91. The van der Waals surface area contributed by atoms with E-state index in [0.29, 0.717) is 24.9 Å². The van der Waals surface area contributed by atoms with Gasteiger partial charge in [0.05, 0.1) is 0 Å². The Balaban J connectivity index is 1.70. The van der Waals surface area contributed by atoms with Crippen molar-refractivity contribution in [2.24, 2.45) is 10.3 Å². The third-order valence-electron chi connectivity index (χ3n) is 4.23. The molecule has 0 unspecified atom stereocenters. The van der Waals surface area contributed by atoms with Gasteiger partial charge in [-0.1, -0.05) is 0 Å². The third-order valence-corrected chi connectivity index (χ3v) is 7.39. The van der Waals surface area contributed by atoms with E-state index in [4.69, 9.17) is 18.3 Å². The molecule has 0 amide bonds. The molecule has 1 spiro atoms. The van der Waals surface area contributed by atoms with E-state index >= 15 is 0 Å². The molecule has 2 aromatic carbocycles. The first-order valence-electron chi connectivity index (χ1n) is 8.52. The van der Waals surface area contributed by atoms with Crippen LogP contribution in [0.5, 0.6) is 0 Å². The van der Waals surface area contributed by atoms with Gasteiger partial charge in [-0.15, -0.1) is 0 Å². The predicted molar refractivity (Wildman–Crippen MR) is 100 cm³/mol. The molecule has 136 valence electrons. The van der Waals surface area contributed by atoms with Crippen LogP contribution in [0.4, 0.5) is 0 Å². The molecule has 4 rings (SSSR count). The van der Waals surface area contributed by atoms with E-state index in [9.17, 15) is 0 Å². The van der Waals surface area contributed by atoms with Crippen LogP contribution in [-0.2, 0) is 18.3 Å². The van der Waals surface area contributed by atoms with Crippen LogP contribution < -0.4 is 0 Å². The van der Waals surface area contributed by atoms with Crippen LogP contribution >= 0.6 is 7.66 Å². The molecule has 2 heterocycles. The van der Waals surface area contributed by atoms with E-state index in [1.165, 1.54) is 0 Å². The van der Waals surface area contributed by atoms with Gasteiger partial charge in [-0.2, -0.15) is 0 Å². The Bertz CT molecular complexity index is 788. The average molecular weight is 373 g/mol. The zero-order valence-corrected chi connectivity index (χ0v) is 15.5. The third kappa shape index (κ3) is 2.52. The summed E-state index contributed by atoms with van der Waals surface area (Å²) in [6, 6.07) is 19.0. The van der Waals surface area contributed by atoms with E-state index in [1.54, 1.807) is 0 Å². The van der Waals surface area contributed by atoms with Crippen molar-refractivity contribution in [3.05, 3.63) is 71.8 Å². The van der Waals surface area contributed by atoms with Crippen LogP contribution in [0.3, 0.4) is 0 Å². The van der Waals surface area contributed by atoms with Crippen molar-refractivity contribution in [2.75, 3.05) is 13.1 Å². The van der Waals surface area contributed by atoms with E-state index in [0.717, 1.165) is 11.1 Å². The standard InChI is InChI=1S/C18H20N3O4P/c1-3-21(4-2)26(22-17(19-24-26)15-11-7-5-8-12-15)23-18(20-25-26)16-13-9-6-10-14-16/h5-14H,3-4H2,1-2H3. The van der Waals surface area contributed by atoms with Crippen molar-refractivity contribution < 1.29 is 18.3 Å².